The molecule has 1 aromatic heterocycles. The zero-order valence-corrected chi connectivity index (χ0v) is 17.3. The molecule has 10 heteroatoms. The van der Waals surface area contributed by atoms with Gasteiger partial charge in [0.1, 0.15) is 0 Å². The van der Waals surface area contributed by atoms with Gasteiger partial charge in [-0.1, -0.05) is 47.7 Å². The van der Waals surface area contributed by atoms with E-state index in [0.29, 0.717) is 16.9 Å². The summed E-state index contributed by atoms with van der Waals surface area (Å²) < 4.78 is 82.4. The Labute approximate surface area is 183 Å². The molecule has 0 radical (unpaired) electrons. The normalized spacial score (nSPS) is 19.4. The highest BCUT2D eigenvalue weighted by molar-refractivity contribution is 7.19. The van der Waals surface area contributed by atoms with Crippen LogP contribution < -0.4 is 5.73 Å². The third-order valence-electron chi connectivity index (χ3n) is 5.44. The van der Waals surface area contributed by atoms with Gasteiger partial charge in [-0.25, -0.2) is 4.98 Å². The van der Waals surface area contributed by atoms with Crippen molar-refractivity contribution in [1.29, 1.82) is 0 Å². The van der Waals surface area contributed by atoms with Crippen LogP contribution in [0.25, 0.3) is 21.7 Å². The third-order valence-corrected chi connectivity index (χ3v) is 6.37. The smallest absolute Gasteiger partial charge is 0.375 e. The van der Waals surface area contributed by atoms with Crippen LogP contribution in [0.15, 0.2) is 48.5 Å². The average Bonchev–Trinajstić information content (AvgIpc) is 3.33. The highest BCUT2D eigenvalue weighted by Gasteiger charge is 2.38. The predicted molar refractivity (Wildman–Crippen MR) is 110 cm³/mol. The third kappa shape index (κ3) is 4.91. The molecule has 1 aliphatic carbocycles. The summed E-state index contributed by atoms with van der Waals surface area (Å²) in [6.45, 7) is 0. The van der Waals surface area contributed by atoms with Gasteiger partial charge in [-0.3, -0.25) is 4.74 Å². The van der Waals surface area contributed by atoms with Gasteiger partial charge in [-0.15, -0.1) is 13.2 Å². The first kappa shape index (κ1) is 22.6. The van der Waals surface area contributed by atoms with Gasteiger partial charge in [0.15, 0.2) is 5.13 Å². The van der Waals surface area contributed by atoms with E-state index in [4.69, 9.17) is 5.73 Å². The minimum Gasteiger partial charge on any atom is -0.375 e. The Morgan fingerprint density at radius 2 is 1.72 bits per heavy atom. The number of aromatic nitrogens is 1. The number of nitrogen functional groups attached to an aromatic ring is 1. The zero-order valence-electron chi connectivity index (χ0n) is 16.5. The monoisotopic (exact) mass is 472 g/mol. The van der Waals surface area contributed by atoms with E-state index in [2.05, 4.69) is 9.72 Å². The molecule has 1 saturated carbocycles. The van der Waals surface area contributed by atoms with Crippen molar-refractivity contribution in [3.05, 3.63) is 59.7 Å². The lowest BCUT2D eigenvalue weighted by Crippen LogP contribution is -2.21. The van der Waals surface area contributed by atoms with Crippen LogP contribution in [0.4, 0.5) is 31.5 Å². The Morgan fingerprint density at radius 1 is 0.969 bits per heavy atom. The molecule has 3 aromatic rings. The second-order valence-electron chi connectivity index (χ2n) is 7.59. The number of nitrogens with two attached hydrogens (primary N) is 1. The first-order chi connectivity index (χ1) is 15.0. The van der Waals surface area contributed by atoms with Crippen LogP contribution in [0.5, 0.6) is 0 Å². The molecule has 2 N–H and O–H groups in total. The van der Waals surface area contributed by atoms with E-state index < -0.39 is 24.2 Å². The summed E-state index contributed by atoms with van der Waals surface area (Å²) in [6.07, 6.45) is -9.12. The minimum absolute atomic E-state index is 0.0761. The fraction of sp³-hybridized carbons (Fsp3) is 0.318. The Morgan fingerprint density at radius 3 is 2.44 bits per heavy atom. The number of hydrogen-bond donors (Lipinski definition) is 1. The van der Waals surface area contributed by atoms with Gasteiger partial charge in [0.2, 0.25) is 0 Å². The molecule has 1 unspecified atom stereocenters. The second kappa shape index (κ2) is 8.40. The molecular formula is C22H18F6N2OS. The predicted octanol–water partition coefficient (Wildman–Crippen LogP) is 7.25. The molecule has 170 valence electrons. The Hall–Kier alpha value is -2.59. The van der Waals surface area contributed by atoms with E-state index in [0.717, 1.165) is 23.0 Å². The summed E-state index contributed by atoms with van der Waals surface area (Å²) in [5.41, 5.74) is 6.51. The van der Waals surface area contributed by atoms with Crippen LogP contribution in [-0.4, -0.2) is 17.5 Å². The number of rotatable bonds is 4. The first-order valence-electron chi connectivity index (χ1n) is 9.79. The summed E-state index contributed by atoms with van der Waals surface area (Å²) in [5, 5.41) is 0.122. The van der Waals surface area contributed by atoms with Crippen molar-refractivity contribution in [3.63, 3.8) is 0 Å². The maximum absolute atomic E-state index is 13.6. The van der Waals surface area contributed by atoms with Gasteiger partial charge in [0.05, 0.1) is 22.2 Å². The lowest BCUT2D eigenvalue weighted by atomic mass is 9.94. The number of ether oxygens (including phenoxy) is 1. The summed E-state index contributed by atoms with van der Waals surface area (Å²) in [6, 6.07) is 12.2. The van der Waals surface area contributed by atoms with E-state index >= 15 is 0 Å². The van der Waals surface area contributed by atoms with Crippen LogP contribution in [0, 0.1) is 0 Å². The van der Waals surface area contributed by atoms with Crippen LogP contribution in [0.3, 0.4) is 0 Å². The molecule has 4 rings (SSSR count). The molecule has 0 saturated heterocycles. The Kier molecular flexibility index (Phi) is 5.93. The lowest BCUT2D eigenvalue weighted by Gasteiger charge is -2.15. The van der Waals surface area contributed by atoms with Crippen molar-refractivity contribution in [1.82, 2.24) is 4.98 Å². The fourth-order valence-corrected chi connectivity index (χ4v) is 4.97. The maximum Gasteiger partial charge on any atom is 0.522 e. The summed E-state index contributed by atoms with van der Waals surface area (Å²) >= 11 is 1.07. The van der Waals surface area contributed by atoms with E-state index in [9.17, 15) is 26.3 Å². The van der Waals surface area contributed by atoms with Crippen molar-refractivity contribution >= 4 is 16.5 Å². The molecule has 0 aliphatic heterocycles. The molecular weight excluding hydrogens is 454 g/mol. The molecule has 1 heterocycles. The number of anilines is 1. The molecule has 0 spiro atoms. The van der Waals surface area contributed by atoms with Gasteiger partial charge in [-0.2, -0.15) is 13.2 Å². The number of halogens is 6. The molecule has 1 aliphatic rings. The number of benzene rings is 2. The summed E-state index contributed by atoms with van der Waals surface area (Å²) in [7, 11) is 0. The topological polar surface area (TPSA) is 48.1 Å². The molecule has 0 bridgehead atoms. The number of hydrogen-bond acceptors (Lipinski definition) is 4. The molecule has 2 atom stereocenters. The fourth-order valence-electron chi connectivity index (χ4n) is 4.12. The van der Waals surface area contributed by atoms with Crippen molar-refractivity contribution in [2.45, 2.75) is 43.8 Å². The first-order valence-corrected chi connectivity index (χ1v) is 10.6. The van der Waals surface area contributed by atoms with Crippen molar-refractivity contribution in [2.24, 2.45) is 0 Å². The molecule has 2 aromatic carbocycles. The number of thiazole rings is 1. The zero-order chi connectivity index (χ0) is 23.1. The van der Waals surface area contributed by atoms with Gasteiger partial charge in [0.25, 0.3) is 0 Å². The summed E-state index contributed by atoms with van der Waals surface area (Å²) in [4.78, 5) is 4.64. The molecule has 1 fully saturated rings. The largest absolute Gasteiger partial charge is 0.522 e. The van der Waals surface area contributed by atoms with E-state index in [1.807, 2.05) is 0 Å². The van der Waals surface area contributed by atoms with Gasteiger partial charge in [-0.05, 0) is 48.4 Å². The van der Waals surface area contributed by atoms with Gasteiger partial charge >= 0.3 is 12.5 Å². The Bertz CT molecular complexity index is 1110. The molecule has 3 nitrogen and oxygen atoms in total. The van der Waals surface area contributed by atoms with Crippen molar-refractivity contribution in [3.8, 4) is 21.7 Å². The minimum atomic E-state index is -4.68. The second-order valence-corrected chi connectivity index (χ2v) is 8.62. The number of alkyl halides is 6. The Balaban J connectivity index is 1.68. The van der Waals surface area contributed by atoms with Crippen LogP contribution in [0.2, 0.25) is 0 Å². The van der Waals surface area contributed by atoms with Gasteiger partial charge < -0.3 is 5.73 Å². The van der Waals surface area contributed by atoms with Crippen LogP contribution in [0.1, 0.15) is 36.3 Å². The quantitative estimate of drug-likeness (QED) is 0.407. The van der Waals surface area contributed by atoms with Crippen molar-refractivity contribution in [2.75, 3.05) is 5.73 Å². The summed E-state index contributed by atoms with van der Waals surface area (Å²) in [5.74, 6) is -0.140. The van der Waals surface area contributed by atoms with Crippen molar-refractivity contribution < 1.29 is 31.1 Å². The molecule has 0 amide bonds. The van der Waals surface area contributed by atoms with Gasteiger partial charge in [0, 0.05) is 5.56 Å². The SMILES string of the molecule is Nc1nc(-c2ccccc2C(F)(F)F)c(-c2cccc([C@H]3CCC(OC(F)(F)F)C3)c2)s1. The van der Waals surface area contributed by atoms with E-state index in [1.54, 1.807) is 24.3 Å². The van der Waals surface area contributed by atoms with E-state index in [-0.39, 0.29) is 35.1 Å². The van der Waals surface area contributed by atoms with Crippen LogP contribution >= 0.6 is 11.3 Å². The standard InChI is InChI=1S/C22H18F6N2OS/c23-21(24,25)17-7-2-1-6-16(17)18-19(32-20(29)30-18)14-5-3-4-12(10-14)13-8-9-15(11-13)31-22(26,27)28/h1-7,10,13,15H,8-9,11H2,(H2,29,30)/t13-,15?/m0/s1. The highest BCUT2D eigenvalue weighted by Crippen LogP contribution is 2.45. The average molecular weight is 472 g/mol. The number of nitrogens with zero attached hydrogens (tertiary/aromatic N) is 1. The maximum atomic E-state index is 13.6. The van der Waals surface area contributed by atoms with E-state index in [1.165, 1.54) is 18.2 Å². The molecule has 32 heavy (non-hydrogen) atoms. The lowest BCUT2D eigenvalue weighted by molar-refractivity contribution is -0.341. The van der Waals surface area contributed by atoms with Crippen LogP contribution in [-0.2, 0) is 10.9 Å². The highest BCUT2D eigenvalue weighted by atomic mass is 32.1.